The number of hydrogen-bond donors (Lipinski definition) is 0. The summed E-state index contributed by atoms with van der Waals surface area (Å²) in [6.07, 6.45) is 2.68. The molecule has 0 N–H and O–H groups in total. The molecular formula is C17H22N2O3S. The molecule has 3 heterocycles. The second-order valence-electron chi connectivity index (χ2n) is 5.55. The number of rotatable bonds is 5. The summed E-state index contributed by atoms with van der Waals surface area (Å²) < 4.78 is 11.0. The van der Waals surface area contributed by atoms with Gasteiger partial charge in [0.1, 0.15) is 16.4 Å². The normalized spacial score (nSPS) is 16.3. The molecule has 0 aliphatic carbocycles. The molecule has 124 valence electrons. The molecule has 0 spiro atoms. The third-order valence-corrected chi connectivity index (χ3v) is 4.84. The Hall–Kier alpha value is -1.79. The highest BCUT2D eigenvalue weighted by Gasteiger charge is 2.24. The molecule has 2 aromatic rings. The van der Waals surface area contributed by atoms with E-state index >= 15 is 0 Å². The van der Waals surface area contributed by atoms with Crippen LogP contribution in [0.5, 0.6) is 5.75 Å². The van der Waals surface area contributed by atoms with Crippen LogP contribution < -0.4 is 4.74 Å². The maximum Gasteiger partial charge on any atom is 0.267 e. The average molecular weight is 334 g/mol. The van der Waals surface area contributed by atoms with Gasteiger partial charge in [-0.25, -0.2) is 0 Å². The van der Waals surface area contributed by atoms with Crippen LogP contribution in [0.15, 0.2) is 34.3 Å². The van der Waals surface area contributed by atoms with Crippen LogP contribution in [0.2, 0.25) is 0 Å². The maximum absolute atomic E-state index is 12.8. The molecule has 1 aliphatic rings. The van der Waals surface area contributed by atoms with Crippen molar-refractivity contribution < 1.29 is 13.9 Å². The van der Waals surface area contributed by atoms with Gasteiger partial charge in [-0.05, 0) is 36.9 Å². The maximum atomic E-state index is 12.8. The fraction of sp³-hybridized carbons (Fsp3) is 0.471. The molecule has 1 fully saturated rings. The zero-order chi connectivity index (χ0) is 16.1. The first kappa shape index (κ1) is 16.1. The van der Waals surface area contributed by atoms with Gasteiger partial charge in [0.25, 0.3) is 5.91 Å². The summed E-state index contributed by atoms with van der Waals surface area (Å²) >= 11 is 1.46. The molecule has 0 saturated carbocycles. The summed E-state index contributed by atoms with van der Waals surface area (Å²) in [6, 6.07) is 5.78. The molecular weight excluding hydrogens is 312 g/mol. The van der Waals surface area contributed by atoms with Crippen molar-refractivity contribution in [2.24, 2.45) is 0 Å². The zero-order valence-electron chi connectivity index (χ0n) is 13.4. The Morgan fingerprint density at radius 1 is 1.30 bits per heavy atom. The van der Waals surface area contributed by atoms with Crippen LogP contribution >= 0.6 is 11.3 Å². The first-order chi connectivity index (χ1) is 11.3. The van der Waals surface area contributed by atoms with Gasteiger partial charge in [-0.1, -0.05) is 0 Å². The Kier molecular flexibility index (Phi) is 5.35. The van der Waals surface area contributed by atoms with E-state index in [0.29, 0.717) is 17.2 Å². The van der Waals surface area contributed by atoms with Crippen LogP contribution in [0.3, 0.4) is 0 Å². The predicted molar refractivity (Wildman–Crippen MR) is 90.0 cm³/mol. The van der Waals surface area contributed by atoms with E-state index in [-0.39, 0.29) is 5.91 Å². The van der Waals surface area contributed by atoms with Gasteiger partial charge in [-0.3, -0.25) is 9.69 Å². The molecule has 0 atom stereocenters. The highest BCUT2D eigenvalue weighted by atomic mass is 32.1. The number of carbonyl (C=O) groups is 1. The Bertz CT molecular complexity index is 624. The van der Waals surface area contributed by atoms with Gasteiger partial charge in [0.05, 0.1) is 19.4 Å². The van der Waals surface area contributed by atoms with Gasteiger partial charge in [-0.2, -0.15) is 0 Å². The molecule has 2 aromatic heterocycles. The van der Waals surface area contributed by atoms with E-state index in [9.17, 15) is 4.79 Å². The van der Waals surface area contributed by atoms with Crippen LogP contribution in [0.4, 0.5) is 0 Å². The summed E-state index contributed by atoms with van der Waals surface area (Å²) in [7, 11) is 0. The molecule has 5 nitrogen and oxygen atoms in total. The summed E-state index contributed by atoms with van der Waals surface area (Å²) in [6.45, 7) is 6.69. The standard InChI is InChI=1S/C17H22N2O3S/c1-2-21-15-6-12-23-16(15)17(20)19-8-4-7-18(9-10-19)13-14-5-3-11-22-14/h3,5-6,11-12H,2,4,7-10,13H2,1H3. The number of thiophene rings is 1. The third kappa shape index (κ3) is 3.95. The van der Waals surface area contributed by atoms with Gasteiger partial charge in [-0.15, -0.1) is 11.3 Å². The van der Waals surface area contributed by atoms with Crippen molar-refractivity contribution in [1.29, 1.82) is 0 Å². The second kappa shape index (κ2) is 7.66. The fourth-order valence-electron chi connectivity index (χ4n) is 2.82. The van der Waals surface area contributed by atoms with Gasteiger partial charge in [0, 0.05) is 26.2 Å². The van der Waals surface area contributed by atoms with Crippen molar-refractivity contribution in [3.05, 3.63) is 40.5 Å². The van der Waals surface area contributed by atoms with Gasteiger partial charge >= 0.3 is 0 Å². The van der Waals surface area contributed by atoms with E-state index in [0.717, 1.165) is 44.9 Å². The lowest BCUT2D eigenvalue weighted by Crippen LogP contribution is -2.34. The number of hydrogen-bond acceptors (Lipinski definition) is 5. The lowest BCUT2D eigenvalue weighted by Gasteiger charge is -2.21. The Balaban J connectivity index is 1.61. The Morgan fingerprint density at radius 3 is 3.00 bits per heavy atom. The van der Waals surface area contributed by atoms with Crippen LogP contribution in [-0.2, 0) is 6.54 Å². The van der Waals surface area contributed by atoms with Gasteiger partial charge in [0.2, 0.25) is 0 Å². The summed E-state index contributed by atoms with van der Waals surface area (Å²) in [5.41, 5.74) is 0. The molecule has 0 aromatic carbocycles. The van der Waals surface area contributed by atoms with Crippen LogP contribution in [0.1, 0.15) is 28.8 Å². The molecule has 6 heteroatoms. The average Bonchev–Trinajstić information content (AvgIpc) is 3.16. The van der Waals surface area contributed by atoms with Crippen LogP contribution in [-0.4, -0.2) is 48.5 Å². The van der Waals surface area contributed by atoms with Crippen molar-refractivity contribution in [3.8, 4) is 5.75 Å². The van der Waals surface area contributed by atoms with Gasteiger partial charge < -0.3 is 14.1 Å². The number of amides is 1. The molecule has 0 radical (unpaired) electrons. The summed E-state index contributed by atoms with van der Waals surface area (Å²) in [4.78, 5) is 17.7. The number of carbonyl (C=O) groups excluding carboxylic acids is 1. The minimum absolute atomic E-state index is 0.0864. The van der Waals surface area contributed by atoms with E-state index in [1.807, 2.05) is 35.4 Å². The highest BCUT2D eigenvalue weighted by Crippen LogP contribution is 2.27. The van der Waals surface area contributed by atoms with Crippen molar-refractivity contribution in [1.82, 2.24) is 9.80 Å². The molecule has 1 aliphatic heterocycles. The lowest BCUT2D eigenvalue weighted by molar-refractivity contribution is 0.0762. The summed E-state index contributed by atoms with van der Waals surface area (Å²) in [5, 5.41) is 1.92. The monoisotopic (exact) mass is 334 g/mol. The van der Waals surface area contributed by atoms with Gasteiger partial charge in [0.15, 0.2) is 0 Å². The molecule has 23 heavy (non-hydrogen) atoms. The second-order valence-corrected chi connectivity index (χ2v) is 6.46. The predicted octanol–water partition coefficient (Wildman–Crippen LogP) is 3.09. The topological polar surface area (TPSA) is 45.9 Å². The first-order valence-corrected chi connectivity index (χ1v) is 8.90. The number of ether oxygens (including phenoxy) is 1. The van der Waals surface area contributed by atoms with E-state index in [2.05, 4.69) is 4.90 Å². The van der Waals surface area contributed by atoms with E-state index in [1.54, 1.807) is 6.26 Å². The number of furan rings is 1. The quantitative estimate of drug-likeness (QED) is 0.843. The largest absolute Gasteiger partial charge is 0.492 e. The van der Waals surface area contributed by atoms with Crippen molar-refractivity contribution >= 4 is 17.2 Å². The Morgan fingerprint density at radius 2 is 2.22 bits per heavy atom. The fourth-order valence-corrected chi connectivity index (χ4v) is 3.62. The van der Waals surface area contributed by atoms with Crippen LogP contribution in [0.25, 0.3) is 0 Å². The SMILES string of the molecule is CCOc1ccsc1C(=O)N1CCCN(Cc2ccco2)CC1. The summed E-state index contributed by atoms with van der Waals surface area (Å²) in [5.74, 6) is 1.77. The van der Waals surface area contributed by atoms with E-state index in [1.165, 1.54) is 11.3 Å². The minimum atomic E-state index is 0.0864. The lowest BCUT2D eigenvalue weighted by atomic mass is 10.3. The third-order valence-electron chi connectivity index (χ3n) is 3.96. The molecule has 1 saturated heterocycles. The smallest absolute Gasteiger partial charge is 0.267 e. The number of nitrogens with zero attached hydrogens (tertiary/aromatic N) is 2. The van der Waals surface area contributed by atoms with E-state index < -0.39 is 0 Å². The van der Waals surface area contributed by atoms with Crippen molar-refractivity contribution in [2.45, 2.75) is 19.9 Å². The first-order valence-electron chi connectivity index (χ1n) is 8.02. The molecule has 3 rings (SSSR count). The zero-order valence-corrected chi connectivity index (χ0v) is 14.2. The van der Waals surface area contributed by atoms with Crippen LogP contribution in [0, 0.1) is 0 Å². The van der Waals surface area contributed by atoms with E-state index in [4.69, 9.17) is 9.15 Å². The molecule has 0 bridgehead atoms. The van der Waals surface area contributed by atoms with Crippen molar-refractivity contribution in [3.63, 3.8) is 0 Å². The van der Waals surface area contributed by atoms with Crippen molar-refractivity contribution in [2.75, 3.05) is 32.8 Å². The Labute approximate surface area is 140 Å². The highest BCUT2D eigenvalue weighted by molar-refractivity contribution is 7.12. The minimum Gasteiger partial charge on any atom is -0.492 e. The molecule has 1 amide bonds. The molecule has 0 unspecified atom stereocenters.